The first-order chi connectivity index (χ1) is 12.1. The summed E-state index contributed by atoms with van der Waals surface area (Å²) in [6.45, 7) is 12.1. The minimum atomic E-state index is -1.16. The van der Waals surface area contributed by atoms with Crippen molar-refractivity contribution in [1.29, 1.82) is 0 Å². The van der Waals surface area contributed by atoms with E-state index in [1.54, 1.807) is 0 Å². The van der Waals surface area contributed by atoms with Crippen molar-refractivity contribution in [3.63, 3.8) is 0 Å². The van der Waals surface area contributed by atoms with Gasteiger partial charge in [-0.1, -0.05) is 43.1 Å². The molecule has 0 spiro atoms. The number of phenols is 2. The van der Waals surface area contributed by atoms with Gasteiger partial charge < -0.3 is 15.3 Å². The van der Waals surface area contributed by atoms with E-state index in [0.717, 1.165) is 24.8 Å². The Hall–Kier alpha value is -2.23. The van der Waals surface area contributed by atoms with Gasteiger partial charge in [-0.05, 0) is 65.5 Å². The van der Waals surface area contributed by atoms with Crippen molar-refractivity contribution < 1.29 is 20.1 Å². The number of aromatic hydroxyl groups is 2. The summed E-state index contributed by atoms with van der Waals surface area (Å²) in [5.41, 5.74) is 3.10. The standard InChI is InChI=1S/C17H24O4.C5H10/c1-4-5-6-7-12-10-14(18)13(9-8-11(2)3)16(19)15(12)17(20)21;1-4-5(2)3/h8,10,18-19H,4-7,9H2,1-3H3,(H,20,21);4H,1-3H3. The smallest absolute Gasteiger partial charge is 0.339 e. The molecule has 1 rings (SSSR count). The molecule has 3 N–H and O–H groups in total. The van der Waals surface area contributed by atoms with Crippen LogP contribution in [0.1, 0.15) is 82.3 Å². The topological polar surface area (TPSA) is 77.8 Å². The number of carbonyl (C=O) groups is 1. The number of carboxylic acids is 1. The summed E-state index contributed by atoms with van der Waals surface area (Å²) in [7, 11) is 0. The molecule has 1 aromatic rings. The van der Waals surface area contributed by atoms with Gasteiger partial charge in [-0.2, -0.15) is 0 Å². The molecule has 0 heterocycles. The average molecular weight is 363 g/mol. The van der Waals surface area contributed by atoms with E-state index in [4.69, 9.17) is 0 Å². The minimum Gasteiger partial charge on any atom is -0.508 e. The lowest BCUT2D eigenvalue weighted by molar-refractivity contribution is 0.0692. The molecule has 0 fully saturated rings. The number of carboxylic acid groups (broad SMARTS) is 1. The van der Waals surface area contributed by atoms with Crippen LogP contribution in [0.4, 0.5) is 0 Å². The van der Waals surface area contributed by atoms with Crippen molar-refractivity contribution in [2.24, 2.45) is 0 Å². The third-order valence-electron chi connectivity index (χ3n) is 4.02. The lowest BCUT2D eigenvalue weighted by Crippen LogP contribution is -2.05. The molecule has 0 aliphatic rings. The SMILES string of the molecule is CC=C(C)C.CCCCCc1cc(O)c(CC=C(C)C)c(O)c1C(=O)O. The molecule has 0 aromatic heterocycles. The van der Waals surface area contributed by atoms with Crippen LogP contribution in [0.25, 0.3) is 0 Å². The van der Waals surface area contributed by atoms with E-state index in [2.05, 4.69) is 26.8 Å². The van der Waals surface area contributed by atoms with Crippen molar-refractivity contribution in [1.82, 2.24) is 0 Å². The highest BCUT2D eigenvalue weighted by atomic mass is 16.4. The number of aryl methyl sites for hydroxylation is 1. The van der Waals surface area contributed by atoms with E-state index in [9.17, 15) is 20.1 Å². The highest BCUT2D eigenvalue weighted by Gasteiger charge is 2.21. The maximum Gasteiger partial charge on any atom is 0.339 e. The summed E-state index contributed by atoms with van der Waals surface area (Å²) in [4.78, 5) is 11.4. The Morgan fingerprint density at radius 2 is 1.65 bits per heavy atom. The highest BCUT2D eigenvalue weighted by Crippen LogP contribution is 2.35. The molecule has 0 aliphatic heterocycles. The fourth-order valence-electron chi connectivity index (χ4n) is 2.26. The fourth-order valence-corrected chi connectivity index (χ4v) is 2.26. The molecule has 0 saturated carbocycles. The Labute approximate surface area is 157 Å². The molecule has 0 bridgehead atoms. The van der Waals surface area contributed by atoms with Gasteiger partial charge in [0.25, 0.3) is 0 Å². The number of unbranched alkanes of at least 4 members (excludes halogenated alkanes) is 2. The van der Waals surface area contributed by atoms with E-state index in [1.807, 2.05) is 26.8 Å². The normalized spacial score (nSPS) is 9.77. The van der Waals surface area contributed by atoms with E-state index < -0.39 is 5.97 Å². The number of allylic oxidation sites excluding steroid dienone is 4. The predicted octanol–water partition coefficient (Wildman–Crippen LogP) is 6.01. The maximum atomic E-state index is 11.4. The lowest BCUT2D eigenvalue weighted by Gasteiger charge is -2.13. The first-order valence-electron chi connectivity index (χ1n) is 9.18. The second kappa shape index (κ2) is 12.2. The molecular formula is C22H34O4. The Bertz CT molecular complexity index is 647. The van der Waals surface area contributed by atoms with Crippen LogP contribution < -0.4 is 0 Å². The zero-order valence-electron chi connectivity index (χ0n) is 17.0. The molecule has 0 saturated heterocycles. The van der Waals surface area contributed by atoms with Gasteiger partial charge in [0.15, 0.2) is 0 Å². The van der Waals surface area contributed by atoms with Gasteiger partial charge in [0.1, 0.15) is 17.1 Å². The van der Waals surface area contributed by atoms with Gasteiger partial charge in [-0.15, -0.1) is 0 Å². The molecule has 0 atom stereocenters. The van der Waals surface area contributed by atoms with Crippen LogP contribution in [0.2, 0.25) is 0 Å². The van der Waals surface area contributed by atoms with Gasteiger partial charge in [-0.3, -0.25) is 0 Å². The molecule has 0 radical (unpaired) electrons. The average Bonchev–Trinajstić information content (AvgIpc) is 2.54. The molecule has 4 heteroatoms. The van der Waals surface area contributed by atoms with Crippen LogP contribution >= 0.6 is 0 Å². The van der Waals surface area contributed by atoms with Gasteiger partial charge in [0.2, 0.25) is 0 Å². The van der Waals surface area contributed by atoms with Crippen LogP contribution in [0.5, 0.6) is 11.5 Å². The van der Waals surface area contributed by atoms with E-state index in [1.165, 1.54) is 11.6 Å². The Balaban J connectivity index is 0.00000110. The predicted molar refractivity (Wildman–Crippen MR) is 108 cm³/mol. The number of aromatic carboxylic acids is 1. The molecular weight excluding hydrogens is 328 g/mol. The molecule has 4 nitrogen and oxygen atoms in total. The molecule has 26 heavy (non-hydrogen) atoms. The Morgan fingerprint density at radius 1 is 1.08 bits per heavy atom. The first kappa shape index (κ1) is 23.8. The van der Waals surface area contributed by atoms with Crippen LogP contribution in [0.3, 0.4) is 0 Å². The zero-order chi connectivity index (χ0) is 20.3. The lowest BCUT2D eigenvalue weighted by atomic mass is 9.95. The van der Waals surface area contributed by atoms with Gasteiger partial charge in [0.05, 0.1) is 0 Å². The van der Waals surface area contributed by atoms with Crippen LogP contribution in [0, 0.1) is 0 Å². The number of phenolic OH excluding ortho intramolecular Hbond substituents is 1. The summed E-state index contributed by atoms with van der Waals surface area (Å²) < 4.78 is 0. The van der Waals surface area contributed by atoms with E-state index >= 15 is 0 Å². The van der Waals surface area contributed by atoms with E-state index in [0.29, 0.717) is 18.4 Å². The molecule has 146 valence electrons. The molecule has 0 unspecified atom stereocenters. The fraction of sp³-hybridized carbons (Fsp3) is 0.500. The summed E-state index contributed by atoms with van der Waals surface area (Å²) >= 11 is 0. The van der Waals surface area contributed by atoms with Crippen LogP contribution in [0.15, 0.2) is 29.4 Å². The molecule has 0 amide bonds. The summed E-state index contributed by atoms with van der Waals surface area (Å²) in [5, 5.41) is 29.6. The second-order valence-electron chi connectivity index (χ2n) is 6.87. The Kier molecular flexibility index (Phi) is 11.1. The van der Waals surface area contributed by atoms with Crippen molar-refractivity contribution in [2.45, 2.75) is 73.6 Å². The van der Waals surface area contributed by atoms with Crippen molar-refractivity contribution >= 4 is 5.97 Å². The van der Waals surface area contributed by atoms with Gasteiger partial charge in [0, 0.05) is 5.56 Å². The number of hydrogen-bond acceptors (Lipinski definition) is 3. The highest BCUT2D eigenvalue weighted by molar-refractivity contribution is 5.93. The van der Waals surface area contributed by atoms with Crippen LogP contribution in [-0.4, -0.2) is 21.3 Å². The molecule has 0 aliphatic carbocycles. The quantitative estimate of drug-likeness (QED) is 0.410. The van der Waals surface area contributed by atoms with E-state index in [-0.39, 0.29) is 22.6 Å². The minimum absolute atomic E-state index is 0.0403. The number of benzene rings is 1. The second-order valence-corrected chi connectivity index (χ2v) is 6.87. The zero-order valence-corrected chi connectivity index (χ0v) is 17.0. The van der Waals surface area contributed by atoms with Crippen LogP contribution in [-0.2, 0) is 12.8 Å². The number of hydrogen-bond donors (Lipinski definition) is 3. The summed E-state index contributed by atoms with van der Waals surface area (Å²) in [6.07, 6.45) is 7.63. The maximum absolute atomic E-state index is 11.4. The number of rotatable bonds is 7. The van der Waals surface area contributed by atoms with Crippen molar-refractivity contribution in [2.75, 3.05) is 0 Å². The first-order valence-corrected chi connectivity index (χ1v) is 9.18. The monoisotopic (exact) mass is 362 g/mol. The summed E-state index contributed by atoms with van der Waals surface area (Å²) in [5.74, 6) is -1.51. The largest absolute Gasteiger partial charge is 0.508 e. The molecule has 1 aromatic carbocycles. The van der Waals surface area contributed by atoms with Gasteiger partial charge in [-0.25, -0.2) is 4.79 Å². The Morgan fingerprint density at radius 3 is 2.08 bits per heavy atom. The summed E-state index contributed by atoms with van der Waals surface area (Å²) in [6, 6.07) is 1.48. The van der Waals surface area contributed by atoms with Crippen molar-refractivity contribution in [3.05, 3.63) is 46.1 Å². The third-order valence-corrected chi connectivity index (χ3v) is 4.02. The van der Waals surface area contributed by atoms with Crippen molar-refractivity contribution in [3.8, 4) is 11.5 Å². The third kappa shape index (κ3) is 8.24. The van der Waals surface area contributed by atoms with Gasteiger partial charge >= 0.3 is 5.97 Å².